The molecule has 1 atom stereocenters. The minimum absolute atomic E-state index is 0.237. The second-order valence-electron chi connectivity index (χ2n) is 5.10. The third-order valence-electron chi connectivity index (χ3n) is 3.44. The summed E-state index contributed by atoms with van der Waals surface area (Å²) < 4.78 is 38.1. The molecular weight excluding hydrogens is 255 g/mol. The summed E-state index contributed by atoms with van der Waals surface area (Å²) >= 11 is 0. The van der Waals surface area contributed by atoms with Gasteiger partial charge in [-0.05, 0) is 44.1 Å². The summed E-state index contributed by atoms with van der Waals surface area (Å²) in [5.41, 5.74) is 4.81. The number of nitrogens with zero attached hydrogens (tertiary/aromatic N) is 1. The van der Waals surface area contributed by atoms with Crippen LogP contribution in [0.1, 0.15) is 12.0 Å². The van der Waals surface area contributed by atoms with Gasteiger partial charge in [-0.15, -0.1) is 0 Å². The number of hydrogen-bond donors (Lipinski definition) is 2. The molecule has 3 nitrogen and oxygen atoms in total. The molecule has 0 radical (unpaired) electrons. The van der Waals surface area contributed by atoms with Crippen molar-refractivity contribution in [2.24, 2.45) is 5.92 Å². The van der Waals surface area contributed by atoms with Crippen molar-refractivity contribution in [3.63, 3.8) is 0 Å². The van der Waals surface area contributed by atoms with E-state index in [-0.39, 0.29) is 5.69 Å². The number of anilines is 2. The molecule has 1 heterocycles. The van der Waals surface area contributed by atoms with E-state index in [2.05, 4.69) is 10.2 Å². The van der Waals surface area contributed by atoms with Crippen LogP contribution in [0.3, 0.4) is 0 Å². The molecule has 0 bridgehead atoms. The van der Waals surface area contributed by atoms with Crippen LogP contribution >= 0.6 is 0 Å². The second kappa shape index (κ2) is 5.28. The van der Waals surface area contributed by atoms with Gasteiger partial charge in [0.2, 0.25) is 0 Å². The van der Waals surface area contributed by atoms with Crippen molar-refractivity contribution in [2.45, 2.75) is 12.6 Å². The quantitative estimate of drug-likeness (QED) is 0.832. The lowest BCUT2D eigenvalue weighted by Crippen LogP contribution is -2.19. The Morgan fingerprint density at radius 2 is 2.16 bits per heavy atom. The van der Waals surface area contributed by atoms with Crippen LogP contribution < -0.4 is 11.1 Å². The van der Waals surface area contributed by atoms with Gasteiger partial charge in [0.05, 0.1) is 5.56 Å². The van der Waals surface area contributed by atoms with Crippen molar-refractivity contribution in [3.8, 4) is 0 Å². The van der Waals surface area contributed by atoms with Gasteiger partial charge in [0, 0.05) is 24.5 Å². The van der Waals surface area contributed by atoms with Crippen molar-refractivity contribution in [1.29, 1.82) is 0 Å². The highest BCUT2D eigenvalue weighted by Crippen LogP contribution is 2.35. The van der Waals surface area contributed by atoms with E-state index in [4.69, 9.17) is 5.73 Å². The minimum atomic E-state index is -4.41. The number of rotatable bonds is 3. The Balaban J connectivity index is 2.01. The molecule has 1 aliphatic rings. The zero-order chi connectivity index (χ0) is 14.0. The standard InChI is InChI=1S/C13H18F3N3/c1-19-5-4-9(8-19)7-18-10-2-3-12(17)11(6-10)13(14,15)16/h2-3,6,9,18H,4-5,7-8,17H2,1H3. The number of nitrogens with two attached hydrogens (primary N) is 1. The van der Waals surface area contributed by atoms with Gasteiger partial charge in [0.15, 0.2) is 0 Å². The number of benzene rings is 1. The van der Waals surface area contributed by atoms with E-state index in [9.17, 15) is 13.2 Å². The van der Waals surface area contributed by atoms with Crippen LogP contribution in [0.25, 0.3) is 0 Å². The van der Waals surface area contributed by atoms with Gasteiger partial charge in [0.1, 0.15) is 0 Å². The molecule has 1 fully saturated rings. The van der Waals surface area contributed by atoms with Crippen molar-refractivity contribution in [1.82, 2.24) is 4.90 Å². The van der Waals surface area contributed by atoms with Crippen LogP contribution in [0.15, 0.2) is 18.2 Å². The molecular formula is C13H18F3N3. The first kappa shape index (κ1) is 14.0. The molecule has 0 spiro atoms. The summed E-state index contributed by atoms with van der Waals surface area (Å²) in [7, 11) is 2.05. The normalized spacial score (nSPS) is 20.7. The molecule has 1 aliphatic heterocycles. The van der Waals surface area contributed by atoms with Crippen molar-refractivity contribution in [2.75, 3.05) is 37.7 Å². The van der Waals surface area contributed by atoms with Gasteiger partial charge < -0.3 is 16.0 Å². The number of nitrogen functional groups attached to an aromatic ring is 1. The Morgan fingerprint density at radius 1 is 1.42 bits per heavy atom. The van der Waals surface area contributed by atoms with Crippen LogP contribution in [-0.2, 0) is 6.18 Å². The van der Waals surface area contributed by atoms with Gasteiger partial charge in [-0.1, -0.05) is 0 Å². The second-order valence-corrected chi connectivity index (χ2v) is 5.10. The smallest absolute Gasteiger partial charge is 0.398 e. The van der Waals surface area contributed by atoms with E-state index in [1.54, 1.807) is 6.07 Å². The van der Waals surface area contributed by atoms with Gasteiger partial charge in [0.25, 0.3) is 0 Å². The summed E-state index contributed by atoms with van der Waals surface area (Å²) in [6.07, 6.45) is -3.33. The summed E-state index contributed by atoms with van der Waals surface area (Å²) in [6.45, 7) is 2.71. The molecule has 3 N–H and O–H groups in total. The predicted octanol–water partition coefficient (Wildman–Crippen LogP) is 2.65. The molecule has 0 aromatic heterocycles. The summed E-state index contributed by atoms with van der Waals surface area (Å²) in [4.78, 5) is 2.22. The number of likely N-dealkylation sites (tertiary alicyclic amines) is 1. The lowest BCUT2D eigenvalue weighted by atomic mass is 10.1. The molecule has 106 valence electrons. The first-order valence-corrected chi connectivity index (χ1v) is 6.25. The first-order valence-electron chi connectivity index (χ1n) is 6.25. The molecule has 1 aromatic carbocycles. The molecule has 0 amide bonds. The van der Waals surface area contributed by atoms with Crippen molar-refractivity contribution in [3.05, 3.63) is 23.8 Å². The first-order chi connectivity index (χ1) is 8.86. The van der Waals surface area contributed by atoms with Gasteiger partial charge in [-0.25, -0.2) is 0 Å². The Bertz CT molecular complexity index is 445. The third-order valence-corrected chi connectivity index (χ3v) is 3.44. The van der Waals surface area contributed by atoms with Gasteiger partial charge >= 0.3 is 6.18 Å². The molecule has 2 rings (SSSR count). The highest BCUT2D eigenvalue weighted by Gasteiger charge is 2.33. The third kappa shape index (κ3) is 3.53. The fourth-order valence-corrected chi connectivity index (χ4v) is 2.37. The van der Waals surface area contributed by atoms with E-state index in [1.165, 1.54) is 6.07 Å². The Hall–Kier alpha value is -1.43. The minimum Gasteiger partial charge on any atom is -0.398 e. The highest BCUT2D eigenvalue weighted by molar-refractivity contribution is 5.58. The number of hydrogen-bond acceptors (Lipinski definition) is 3. The SMILES string of the molecule is CN1CCC(CNc2ccc(N)c(C(F)(F)F)c2)C1. The summed E-state index contributed by atoms with van der Waals surface area (Å²) in [5.74, 6) is 0.483. The molecule has 1 aromatic rings. The number of halogens is 3. The zero-order valence-electron chi connectivity index (χ0n) is 10.8. The maximum absolute atomic E-state index is 12.7. The molecule has 19 heavy (non-hydrogen) atoms. The zero-order valence-corrected chi connectivity index (χ0v) is 10.8. The molecule has 1 unspecified atom stereocenters. The van der Waals surface area contributed by atoms with E-state index in [0.717, 1.165) is 25.6 Å². The van der Waals surface area contributed by atoms with Crippen LogP contribution in [-0.4, -0.2) is 31.6 Å². The molecule has 6 heteroatoms. The lowest BCUT2D eigenvalue weighted by molar-refractivity contribution is -0.136. The van der Waals surface area contributed by atoms with Crippen molar-refractivity contribution < 1.29 is 13.2 Å². The Labute approximate surface area is 110 Å². The van der Waals surface area contributed by atoms with Crippen molar-refractivity contribution >= 4 is 11.4 Å². The summed E-state index contributed by atoms with van der Waals surface area (Å²) in [5, 5.41) is 3.06. The van der Waals surface area contributed by atoms with Crippen LogP contribution in [0.5, 0.6) is 0 Å². The van der Waals surface area contributed by atoms with Crippen LogP contribution in [0.2, 0.25) is 0 Å². The maximum atomic E-state index is 12.7. The van der Waals surface area contributed by atoms with Gasteiger partial charge in [-0.2, -0.15) is 13.2 Å². The summed E-state index contributed by atoms with van der Waals surface area (Å²) in [6, 6.07) is 3.96. The predicted molar refractivity (Wildman–Crippen MR) is 70.0 cm³/mol. The average molecular weight is 273 g/mol. The fourth-order valence-electron chi connectivity index (χ4n) is 2.37. The fraction of sp³-hybridized carbons (Fsp3) is 0.538. The van der Waals surface area contributed by atoms with E-state index < -0.39 is 11.7 Å². The van der Waals surface area contributed by atoms with E-state index in [1.807, 2.05) is 7.05 Å². The number of nitrogens with one attached hydrogen (secondary N) is 1. The average Bonchev–Trinajstić information content (AvgIpc) is 2.72. The lowest BCUT2D eigenvalue weighted by Gasteiger charge is -2.15. The van der Waals surface area contributed by atoms with E-state index in [0.29, 0.717) is 18.2 Å². The molecule has 1 saturated heterocycles. The number of alkyl halides is 3. The van der Waals surface area contributed by atoms with Gasteiger partial charge in [-0.3, -0.25) is 0 Å². The van der Waals surface area contributed by atoms with Crippen LogP contribution in [0, 0.1) is 5.92 Å². The largest absolute Gasteiger partial charge is 0.418 e. The Kier molecular flexibility index (Phi) is 3.89. The van der Waals surface area contributed by atoms with E-state index >= 15 is 0 Å². The molecule has 0 saturated carbocycles. The van der Waals surface area contributed by atoms with Crippen LogP contribution in [0.4, 0.5) is 24.5 Å². The highest BCUT2D eigenvalue weighted by atomic mass is 19.4. The maximum Gasteiger partial charge on any atom is 0.418 e. The Morgan fingerprint density at radius 3 is 2.74 bits per heavy atom. The monoisotopic (exact) mass is 273 g/mol. The molecule has 0 aliphatic carbocycles. The topological polar surface area (TPSA) is 41.3 Å².